The number of unbranched alkanes of at least 4 members (excludes halogenated alkanes) is 1. The highest BCUT2D eigenvalue weighted by Gasteiger charge is 2.09. The van der Waals surface area contributed by atoms with Crippen molar-refractivity contribution in [2.45, 2.75) is 26.2 Å². The monoisotopic (exact) mass is 378 g/mol. The quantitative estimate of drug-likeness (QED) is 0.460. The lowest BCUT2D eigenvalue weighted by Crippen LogP contribution is -2.19. The summed E-state index contributed by atoms with van der Waals surface area (Å²) in [7, 11) is 0. The first kappa shape index (κ1) is 19.3. The van der Waals surface area contributed by atoms with Crippen LogP contribution in [0.4, 0.5) is 11.6 Å². The number of carbonyl (C=O) groups is 1. The van der Waals surface area contributed by atoms with Crippen LogP contribution in [0.5, 0.6) is 0 Å². The van der Waals surface area contributed by atoms with Crippen LogP contribution in [0.2, 0.25) is 0 Å². The normalized spacial score (nSPS) is 10.5. The zero-order chi connectivity index (χ0) is 19.8. The second-order valence-corrected chi connectivity index (χ2v) is 6.31. The Kier molecular flexibility index (Phi) is 6.51. The number of H-pyrrole nitrogens is 1. The van der Waals surface area contributed by atoms with E-state index in [0.29, 0.717) is 30.0 Å². The van der Waals surface area contributed by atoms with Crippen molar-refractivity contribution in [2.24, 2.45) is 0 Å². The Morgan fingerprint density at radius 3 is 2.68 bits per heavy atom. The van der Waals surface area contributed by atoms with Gasteiger partial charge >= 0.3 is 5.97 Å². The molecule has 144 valence electrons. The van der Waals surface area contributed by atoms with E-state index in [9.17, 15) is 9.59 Å². The fourth-order valence-electron chi connectivity index (χ4n) is 2.57. The predicted octanol–water partition coefficient (Wildman–Crippen LogP) is 3.46. The maximum Gasteiger partial charge on any atom is 0.338 e. The summed E-state index contributed by atoms with van der Waals surface area (Å²) in [6.45, 7) is 2.43. The van der Waals surface area contributed by atoms with Crippen molar-refractivity contribution in [3.63, 3.8) is 0 Å². The van der Waals surface area contributed by atoms with Crippen molar-refractivity contribution in [3.8, 4) is 0 Å². The Hall–Kier alpha value is -3.48. The molecular weight excluding hydrogens is 356 g/mol. The largest absolute Gasteiger partial charge is 0.462 e. The molecule has 0 saturated heterocycles. The lowest BCUT2D eigenvalue weighted by molar-refractivity contribution is 0.0500. The van der Waals surface area contributed by atoms with Crippen LogP contribution < -0.4 is 10.9 Å². The van der Waals surface area contributed by atoms with Gasteiger partial charge in [-0.25, -0.2) is 4.79 Å². The molecule has 1 aromatic heterocycles. The SMILES string of the molecule is CCCCOC(=O)c1cccc(Nc2nnc(Cc3ccccc3)c(=O)[nH]2)c1. The Bertz CT molecular complexity index is 986. The van der Waals surface area contributed by atoms with Gasteiger partial charge in [0.2, 0.25) is 5.95 Å². The van der Waals surface area contributed by atoms with Crippen LogP contribution in [0, 0.1) is 0 Å². The number of anilines is 2. The van der Waals surface area contributed by atoms with Crippen molar-refractivity contribution in [1.29, 1.82) is 0 Å². The number of aromatic amines is 1. The Morgan fingerprint density at radius 1 is 1.11 bits per heavy atom. The summed E-state index contributed by atoms with van der Waals surface area (Å²) >= 11 is 0. The number of esters is 1. The van der Waals surface area contributed by atoms with Gasteiger partial charge in [0.1, 0.15) is 5.69 Å². The number of carbonyl (C=O) groups excluding carboxylic acids is 1. The molecule has 1 heterocycles. The first-order chi connectivity index (χ1) is 13.7. The third kappa shape index (κ3) is 5.26. The lowest BCUT2D eigenvalue weighted by atomic mass is 10.1. The van der Waals surface area contributed by atoms with Gasteiger partial charge in [-0.1, -0.05) is 49.7 Å². The molecule has 0 aliphatic rings. The van der Waals surface area contributed by atoms with Gasteiger partial charge in [0.25, 0.3) is 5.56 Å². The van der Waals surface area contributed by atoms with Gasteiger partial charge in [0, 0.05) is 12.1 Å². The van der Waals surface area contributed by atoms with Gasteiger partial charge in [0.05, 0.1) is 12.2 Å². The molecule has 7 heteroatoms. The van der Waals surface area contributed by atoms with Crippen LogP contribution in [0.3, 0.4) is 0 Å². The van der Waals surface area contributed by atoms with Gasteiger partial charge < -0.3 is 10.1 Å². The summed E-state index contributed by atoms with van der Waals surface area (Å²) in [6, 6.07) is 16.4. The summed E-state index contributed by atoms with van der Waals surface area (Å²) in [5, 5.41) is 11.0. The highest BCUT2D eigenvalue weighted by Crippen LogP contribution is 2.15. The Morgan fingerprint density at radius 2 is 1.93 bits per heavy atom. The van der Waals surface area contributed by atoms with Crippen LogP contribution in [-0.4, -0.2) is 27.8 Å². The van der Waals surface area contributed by atoms with Crippen molar-refractivity contribution in [3.05, 3.63) is 81.8 Å². The smallest absolute Gasteiger partial charge is 0.338 e. The van der Waals surface area contributed by atoms with E-state index in [1.165, 1.54) is 0 Å². The topological polar surface area (TPSA) is 97.0 Å². The molecule has 7 nitrogen and oxygen atoms in total. The highest BCUT2D eigenvalue weighted by atomic mass is 16.5. The number of aromatic nitrogens is 3. The fourth-order valence-corrected chi connectivity index (χ4v) is 2.57. The van der Waals surface area contributed by atoms with Crippen LogP contribution in [0.25, 0.3) is 0 Å². The maximum atomic E-state index is 12.3. The van der Waals surface area contributed by atoms with E-state index in [2.05, 4.69) is 20.5 Å². The summed E-state index contributed by atoms with van der Waals surface area (Å²) in [5.41, 5.74) is 2.04. The third-order valence-electron chi connectivity index (χ3n) is 4.07. The van der Waals surface area contributed by atoms with Gasteiger partial charge in [-0.2, -0.15) is 0 Å². The number of nitrogens with zero attached hydrogens (tertiary/aromatic N) is 2. The zero-order valence-electron chi connectivity index (χ0n) is 15.6. The second-order valence-electron chi connectivity index (χ2n) is 6.31. The molecule has 0 aliphatic heterocycles. The molecule has 2 N–H and O–H groups in total. The van der Waals surface area contributed by atoms with Crippen molar-refractivity contribution in [2.75, 3.05) is 11.9 Å². The van der Waals surface area contributed by atoms with Gasteiger partial charge in [-0.3, -0.25) is 9.78 Å². The van der Waals surface area contributed by atoms with E-state index >= 15 is 0 Å². The van der Waals surface area contributed by atoms with Gasteiger partial charge in [-0.15, -0.1) is 10.2 Å². The minimum absolute atomic E-state index is 0.207. The molecule has 0 atom stereocenters. The molecule has 28 heavy (non-hydrogen) atoms. The third-order valence-corrected chi connectivity index (χ3v) is 4.07. The van der Waals surface area contributed by atoms with E-state index in [1.54, 1.807) is 24.3 Å². The molecular formula is C21H22N4O3. The standard InChI is InChI=1S/C21H22N4O3/c1-2-3-12-28-20(27)16-10-7-11-17(14-16)22-21-23-19(26)18(24-25-21)13-15-8-5-4-6-9-15/h4-11,14H,2-3,12-13H2,1H3,(H2,22,23,25,26). The fraction of sp³-hybridized carbons (Fsp3) is 0.238. The Labute approximate surface area is 162 Å². The molecule has 0 spiro atoms. The predicted molar refractivity (Wildman–Crippen MR) is 107 cm³/mol. The molecule has 3 aromatic rings. The number of nitrogens with one attached hydrogen (secondary N) is 2. The van der Waals surface area contributed by atoms with Crippen molar-refractivity contribution in [1.82, 2.24) is 15.2 Å². The molecule has 0 bridgehead atoms. The molecule has 0 unspecified atom stereocenters. The van der Waals surface area contributed by atoms with E-state index in [-0.39, 0.29) is 17.5 Å². The minimum atomic E-state index is -0.380. The highest BCUT2D eigenvalue weighted by molar-refractivity contribution is 5.90. The van der Waals surface area contributed by atoms with Crippen molar-refractivity contribution < 1.29 is 9.53 Å². The minimum Gasteiger partial charge on any atom is -0.462 e. The second kappa shape index (κ2) is 9.45. The van der Waals surface area contributed by atoms with Crippen LogP contribution in [-0.2, 0) is 11.2 Å². The van der Waals surface area contributed by atoms with E-state index in [0.717, 1.165) is 18.4 Å². The van der Waals surface area contributed by atoms with E-state index in [1.807, 2.05) is 37.3 Å². The number of benzene rings is 2. The summed E-state index contributed by atoms with van der Waals surface area (Å²) < 4.78 is 5.21. The number of hydrogen-bond donors (Lipinski definition) is 2. The average Bonchev–Trinajstić information content (AvgIpc) is 2.71. The van der Waals surface area contributed by atoms with Crippen LogP contribution in [0.1, 0.15) is 41.4 Å². The summed E-state index contributed by atoms with van der Waals surface area (Å²) in [6.07, 6.45) is 2.19. The average molecular weight is 378 g/mol. The summed E-state index contributed by atoms with van der Waals surface area (Å²) in [5.74, 6) is -0.173. The first-order valence-corrected chi connectivity index (χ1v) is 9.19. The van der Waals surface area contributed by atoms with Crippen LogP contribution in [0.15, 0.2) is 59.4 Å². The first-order valence-electron chi connectivity index (χ1n) is 9.19. The molecule has 3 rings (SSSR count). The molecule has 0 amide bonds. The number of rotatable bonds is 8. The molecule has 0 aliphatic carbocycles. The molecule has 0 fully saturated rings. The van der Waals surface area contributed by atoms with E-state index < -0.39 is 0 Å². The Balaban J connectivity index is 1.68. The van der Waals surface area contributed by atoms with Crippen molar-refractivity contribution >= 4 is 17.6 Å². The maximum absolute atomic E-state index is 12.3. The number of ether oxygens (including phenoxy) is 1. The zero-order valence-corrected chi connectivity index (χ0v) is 15.6. The molecule has 0 saturated carbocycles. The van der Waals surface area contributed by atoms with Gasteiger partial charge in [0.15, 0.2) is 0 Å². The van der Waals surface area contributed by atoms with E-state index in [4.69, 9.17) is 4.74 Å². The van der Waals surface area contributed by atoms with Gasteiger partial charge in [-0.05, 0) is 30.2 Å². The van der Waals surface area contributed by atoms with Crippen LogP contribution >= 0.6 is 0 Å². The molecule has 2 aromatic carbocycles. The number of hydrogen-bond acceptors (Lipinski definition) is 6. The summed E-state index contributed by atoms with van der Waals surface area (Å²) in [4.78, 5) is 27.0. The lowest BCUT2D eigenvalue weighted by Gasteiger charge is -2.08. The molecule has 0 radical (unpaired) electrons.